The zero-order chi connectivity index (χ0) is 13.8. The first kappa shape index (κ1) is 12.9. The molecule has 0 atom stereocenters. The van der Waals surface area contributed by atoms with Crippen LogP contribution in [0.3, 0.4) is 0 Å². The lowest BCUT2D eigenvalue weighted by Gasteiger charge is -2.01. The standard InChI is InChI=1S/C13H14N6S/c1-19-9-16-18-12(19)7-14-6-10-8-20-13(17-10)11-4-2-3-5-15-11/h2-5,8-9,14H,6-7H2,1H3. The molecule has 3 rings (SSSR count). The van der Waals surface area contributed by atoms with Gasteiger partial charge in [-0.25, -0.2) is 4.98 Å². The lowest BCUT2D eigenvalue weighted by Crippen LogP contribution is -2.15. The molecule has 0 spiro atoms. The highest BCUT2D eigenvalue weighted by molar-refractivity contribution is 7.13. The molecule has 102 valence electrons. The molecule has 0 amide bonds. The summed E-state index contributed by atoms with van der Waals surface area (Å²) < 4.78 is 1.90. The fraction of sp³-hybridized carbons (Fsp3) is 0.231. The van der Waals surface area contributed by atoms with Crippen molar-refractivity contribution in [2.24, 2.45) is 7.05 Å². The van der Waals surface area contributed by atoms with E-state index < -0.39 is 0 Å². The van der Waals surface area contributed by atoms with Gasteiger partial charge in [-0.05, 0) is 12.1 Å². The van der Waals surface area contributed by atoms with E-state index in [9.17, 15) is 0 Å². The largest absolute Gasteiger partial charge is 0.320 e. The van der Waals surface area contributed by atoms with Crippen LogP contribution in [0, 0.1) is 0 Å². The average Bonchev–Trinajstić information content (AvgIpc) is 3.10. The number of pyridine rings is 1. The molecule has 20 heavy (non-hydrogen) atoms. The smallest absolute Gasteiger partial charge is 0.146 e. The summed E-state index contributed by atoms with van der Waals surface area (Å²) in [6.07, 6.45) is 3.47. The summed E-state index contributed by atoms with van der Waals surface area (Å²) in [4.78, 5) is 8.87. The molecule has 3 aromatic rings. The second kappa shape index (κ2) is 5.89. The molecule has 3 heterocycles. The van der Waals surface area contributed by atoms with E-state index in [0.29, 0.717) is 13.1 Å². The quantitative estimate of drug-likeness (QED) is 0.772. The normalized spacial score (nSPS) is 10.8. The lowest BCUT2D eigenvalue weighted by atomic mass is 10.3. The maximum atomic E-state index is 4.57. The van der Waals surface area contributed by atoms with Crippen molar-refractivity contribution in [1.82, 2.24) is 30.0 Å². The van der Waals surface area contributed by atoms with Gasteiger partial charge in [0, 0.05) is 25.2 Å². The Labute approximate surface area is 120 Å². The summed E-state index contributed by atoms with van der Waals surface area (Å²) in [5, 5.41) is 14.2. The van der Waals surface area contributed by atoms with E-state index in [1.807, 2.05) is 35.2 Å². The van der Waals surface area contributed by atoms with Gasteiger partial charge in [-0.15, -0.1) is 21.5 Å². The molecule has 0 saturated heterocycles. The number of rotatable bonds is 5. The maximum absolute atomic E-state index is 4.57. The van der Waals surface area contributed by atoms with Crippen LogP contribution < -0.4 is 5.32 Å². The third kappa shape index (κ3) is 2.89. The van der Waals surface area contributed by atoms with Crippen molar-refractivity contribution in [2.45, 2.75) is 13.1 Å². The fourth-order valence-corrected chi connectivity index (χ4v) is 2.56. The molecular formula is C13H14N6S. The van der Waals surface area contributed by atoms with Crippen LogP contribution in [0.4, 0.5) is 0 Å². The molecule has 0 aromatic carbocycles. The van der Waals surface area contributed by atoms with Gasteiger partial charge in [-0.1, -0.05) is 6.07 Å². The van der Waals surface area contributed by atoms with Crippen molar-refractivity contribution in [3.63, 3.8) is 0 Å². The number of aryl methyl sites for hydroxylation is 1. The van der Waals surface area contributed by atoms with Crippen LogP contribution in [-0.4, -0.2) is 24.7 Å². The topological polar surface area (TPSA) is 68.5 Å². The van der Waals surface area contributed by atoms with Crippen LogP contribution in [0.25, 0.3) is 10.7 Å². The predicted octanol–water partition coefficient (Wildman–Crippen LogP) is 1.62. The monoisotopic (exact) mass is 286 g/mol. The van der Waals surface area contributed by atoms with Gasteiger partial charge in [0.05, 0.1) is 17.9 Å². The molecule has 7 heteroatoms. The molecule has 0 unspecified atom stereocenters. The Morgan fingerprint density at radius 3 is 3.00 bits per heavy atom. The molecule has 0 bridgehead atoms. The van der Waals surface area contributed by atoms with Gasteiger partial charge < -0.3 is 9.88 Å². The minimum Gasteiger partial charge on any atom is -0.320 e. The van der Waals surface area contributed by atoms with Crippen LogP contribution in [0.2, 0.25) is 0 Å². The molecule has 0 radical (unpaired) electrons. The van der Waals surface area contributed by atoms with Crippen LogP contribution in [-0.2, 0) is 20.1 Å². The van der Waals surface area contributed by atoms with Gasteiger partial charge in [-0.3, -0.25) is 4.98 Å². The van der Waals surface area contributed by atoms with E-state index in [4.69, 9.17) is 0 Å². The number of nitrogens with one attached hydrogen (secondary N) is 1. The predicted molar refractivity (Wildman–Crippen MR) is 76.9 cm³/mol. The Balaban J connectivity index is 1.59. The lowest BCUT2D eigenvalue weighted by molar-refractivity contribution is 0.631. The zero-order valence-corrected chi connectivity index (χ0v) is 11.8. The minimum atomic E-state index is 0.674. The van der Waals surface area contributed by atoms with E-state index in [1.54, 1.807) is 23.9 Å². The highest BCUT2D eigenvalue weighted by Crippen LogP contribution is 2.21. The highest BCUT2D eigenvalue weighted by atomic mass is 32.1. The summed E-state index contributed by atoms with van der Waals surface area (Å²) in [5.74, 6) is 0.908. The summed E-state index contributed by atoms with van der Waals surface area (Å²) in [7, 11) is 1.93. The SMILES string of the molecule is Cn1cnnc1CNCc1csc(-c2ccccn2)n1. The summed E-state index contributed by atoms with van der Waals surface area (Å²) in [6.45, 7) is 1.38. The molecule has 0 aliphatic heterocycles. The van der Waals surface area contributed by atoms with Crippen molar-refractivity contribution in [1.29, 1.82) is 0 Å². The van der Waals surface area contributed by atoms with Gasteiger partial charge in [0.1, 0.15) is 17.2 Å². The molecule has 3 aromatic heterocycles. The first-order valence-corrected chi connectivity index (χ1v) is 7.10. The molecular weight excluding hydrogens is 272 g/mol. The molecule has 0 saturated carbocycles. The van der Waals surface area contributed by atoms with Gasteiger partial charge >= 0.3 is 0 Å². The van der Waals surface area contributed by atoms with Gasteiger partial charge in [0.2, 0.25) is 0 Å². The number of hydrogen-bond acceptors (Lipinski definition) is 6. The van der Waals surface area contributed by atoms with Gasteiger partial charge in [0.15, 0.2) is 0 Å². The Hall–Kier alpha value is -2.12. The van der Waals surface area contributed by atoms with E-state index >= 15 is 0 Å². The molecule has 0 aliphatic carbocycles. The molecule has 0 fully saturated rings. The first-order valence-electron chi connectivity index (χ1n) is 6.22. The number of nitrogens with zero attached hydrogens (tertiary/aromatic N) is 5. The van der Waals surface area contributed by atoms with E-state index in [1.165, 1.54) is 0 Å². The second-order valence-electron chi connectivity index (χ2n) is 4.32. The summed E-state index contributed by atoms with van der Waals surface area (Å²) in [6, 6.07) is 5.84. The third-order valence-corrected chi connectivity index (χ3v) is 3.74. The van der Waals surface area contributed by atoms with Gasteiger partial charge in [0.25, 0.3) is 0 Å². The summed E-state index contributed by atoms with van der Waals surface area (Å²) in [5.41, 5.74) is 1.93. The van der Waals surface area contributed by atoms with Crippen molar-refractivity contribution < 1.29 is 0 Å². The number of thiazole rings is 1. The Morgan fingerprint density at radius 1 is 1.30 bits per heavy atom. The highest BCUT2D eigenvalue weighted by Gasteiger charge is 2.06. The van der Waals surface area contributed by atoms with E-state index in [-0.39, 0.29) is 0 Å². The molecule has 0 aliphatic rings. The Bertz CT molecular complexity index is 675. The second-order valence-corrected chi connectivity index (χ2v) is 5.18. The minimum absolute atomic E-state index is 0.674. The van der Waals surface area contributed by atoms with Crippen LogP contribution >= 0.6 is 11.3 Å². The van der Waals surface area contributed by atoms with Crippen molar-refractivity contribution >= 4 is 11.3 Å². The van der Waals surface area contributed by atoms with Gasteiger partial charge in [-0.2, -0.15) is 0 Å². The molecule has 6 nitrogen and oxygen atoms in total. The Morgan fingerprint density at radius 2 is 2.25 bits per heavy atom. The zero-order valence-electron chi connectivity index (χ0n) is 11.0. The third-order valence-electron chi connectivity index (χ3n) is 2.83. The summed E-state index contributed by atoms with van der Waals surface area (Å²) >= 11 is 1.61. The van der Waals surface area contributed by atoms with Crippen molar-refractivity contribution in [3.8, 4) is 10.7 Å². The average molecular weight is 286 g/mol. The van der Waals surface area contributed by atoms with Crippen LogP contribution in [0.5, 0.6) is 0 Å². The van der Waals surface area contributed by atoms with Crippen molar-refractivity contribution in [3.05, 3.63) is 47.6 Å². The van der Waals surface area contributed by atoms with Crippen LogP contribution in [0.1, 0.15) is 11.5 Å². The first-order chi connectivity index (χ1) is 9.83. The van der Waals surface area contributed by atoms with E-state index in [2.05, 4.69) is 25.5 Å². The van der Waals surface area contributed by atoms with Crippen molar-refractivity contribution in [2.75, 3.05) is 0 Å². The fourth-order valence-electron chi connectivity index (χ4n) is 1.76. The maximum Gasteiger partial charge on any atom is 0.146 e. The number of aromatic nitrogens is 5. The Kier molecular flexibility index (Phi) is 3.80. The van der Waals surface area contributed by atoms with Crippen LogP contribution in [0.15, 0.2) is 36.1 Å². The van der Waals surface area contributed by atoms with E-state index in [0.717, 1.165) is 22.2 Å². The number of hydrogen-bond donors (Lipinski definition) is 1. The molecule has 1 N–H and O–H groups in total.